The number of hydrogen-bond acceptors (Lipinski definition) is 4. The average molecular weight is 206 g/mol. The molecule has 0 saturated heterocycles. The molecular weight excluding hydrogens is 192 g/mol. The van der Waals surface area contributed by atoms with Gasteiger partial charge in [0.25, 0.3) is 0 Å². The molecule has 0 heterocycles. The molecule has 0 aliphatic heterocycles. The van der Waals surface area contributed by atoms with Gasteiger partial charge in [0.05, 0.1) is 12.5 Å². The molecule has 0 bridgehead atoms. The van der Waals surface area contributed by atoms with E-state index in [4.69, 9.17) is 5.11 Å². The highest BCUT2D eigenvalue weighted by molar-refractivity contribution is 7.80. The van der Waals surface area contributed by atoms with Gasteiger partial charge in [-0.1, -0.05) is 0 Å². The highest BCUT2D eigenvalue weighted by Gasteiger charge is 2.13. The molecule has 0 aliphatic carbocycles. The van der Waals surface area contributed by atoms with E-state index in [2.05, 4.69) is 23.3 Å². The lowest BCUT2D eigenvalue weighted by atomic mass is 10.3. The van der Waals surface area contributed by atoms with Crippen LogP contribution in [0, 0.1) is 0 Å². The van der Waals surface area contributed by atoms with Gasteiger partial charge >= 0.3 is 5.97 Å². The Morgan fingerprint density at radius 3 is 2.54 bits per heavy atom. The normalized spacial score (nSPS) is 12.2. The van der Waals surface area contributed by atoms with Crippen LogP contribution in [0.5, 0.6) is 0 Å². The van der Waals surface area contributed by atoms with Crippen LogP contribution in [-0.4, -0.2) is 42.4 Å². The number of thiol groups is 1. The maximum atomic E-state index is 11.2. The fraction of sp³-hybridized carbons (Fsp3) is 0.714. The quantitative estimate of drug-likeness (QED) is 0.424. The number of rotatable bonds is 6. The van der Waals surface area contributed by atoms with Gasteiger partial charge in [-0.05, 0) is 7.05 Å². The number of nitrogens with one attached hydrogen (secondary N) is 2. The molecule has 0 spiro atoms. The summed E-state index contributed by atoms with van der Waals surface area (Å²) in [6, 6.07) is -0.364. The summed E-state index contributed by atoms with van der Waals surface area (Å²) in [5.41, 5.74) is 0. The van der Waals surface area contributed by atoms with E-state index in [0.29, 0.717) is 5.75 Å². The van der Waals surface area contributed by atoms with Crippen molar-refractivity contribution >= 4 is 24.5 Å². The van der Waals surface area contributed by atoms with E-state index in [1.807, 2.05) is 0 Å². The molecule has 0 aromatic heterocycles. The molecule has 0 unspecified atom stereocenters. The van der Waals surface area contributed by atoms with Crippen LogP contribution in [-0.2, 0) is 9.59 Å². The van der Waals surface area contributed by atoms with Gasteiger partial charge in [-0.15, -0.1) is 0 Å². The molecular formula is C7H14N2O3S. The lowest BCUT2D eigenvalue weighted by molar-refractivity contribution is -0.136. The summed E-state index contributed by atoms with van der Waals surface area (Å²) in [6.07, 6.45) is -0.0608. The molecule has 0 rings (SSSR count). The predicted octanol–water partition coefficient (Wildman–Crippen LogP) is -0.905. The van der Waals surface area contributed by atoms with Crippen molar-refractivity contribution in [2.45, 2.75) is 12.5 Å². The largest absolute Gasteiger partial charge is 0.481 e. The van der Waals surface area contributed by atoms with Gasteiger partial charge in [-0.2, -0.15) is 12.6 Å². The van der Waals surface area contributed by atoms with Gasteiger partial charge in [0.2, 0.25) is 5.91 Å². The average Bonchev–Trinajstić information content (AvgIpc) is 2.05. The van der Waals surface area contributed by atoms with E-state index in [1.54, 1.807) is 7.05 Å². The van der Waals surface area contributed by atoms with Crippen molar-refractivity contribution in [1.82, 2.24) is 10.6 Å². The van der Waals surface area contributed by atoms with Crippen molar-refractivity contribution in [2.24, 2.45) is 0 Å². The van der Waals surface area contributed by atoms with Crippen LogP contribution in [0.3, 0.4) is 0 Å². The number of carbonyl (C=O) groups excluding carboxylic acids is 1. The van der Waals surface area contributed by atoms with Gasteiger partial charge in [0.15, 0.2) is 0 Å². The topological polar surface area (TPSA) is 78.4 Å². The monoisotopic (exact) mass is 206 g/mol. The minimum atomic E-state index is -0.924. The van der Waals surface area contributed by atoms with E-state index < -0.39 is 5.97 Å². The first-order valence-electron chi connectivity index (χ1n) is 3.89. The SMILES string of the molecule is CN[C@@H](CS)C(=O)NCCC(=O)O. The Kier molecular flexibility index (Phi) is 6.34. The summed E-state index contributed by atoms with van der Waals surface area (Å²) in [5, 5.41) is 13.5. The molecule has 6 heteroatoms. The maximum Gasteiger partial charge on any atom is 0.305 e. The molecule has 13 heavy (non-hydrogen) atoms. The molecule has 0 aromatic rings. The molecule has 0 aliphatic rings. The number of aliphatic carboxylic acids is 1. The first-order chi connectivity index (χ1) is 6.11. The second-order valence-electron chi connectivity index (χ2n) is 2.46. The molecule has 1 atom stereocenters. The number of amides is 1. The van der Waals surface area contributed by atoms with Crippen LogP contribution in [0.15, 0.2) is 0 Å². The van der Waals surface area contributed by atoms with Crippen LogP contribution in [0.2, 0.25) is 0 Å². The van der Waals surface area contributed by atoms with Crippen LogP contribution in [0.4, 0.5) is 0 Å². The fourth-order valence-corrected chi connectivity index (χ4v) is 1.07. The number of likely N-dealkylation sites (N-methyl/N-ethyl adjacent to an activating group) is 1. The Bertz CT molecular complexity index is 183. The highest BCUT2D eigenvalue weighted by atomic mass is 32.1. The number of hydrogen-bond donors (Lipinski definition) is 4. The lowest BCUT2D eigenvalue weighted by Crippen LogP contribution is -2.44. The van der Waals surface area contributed by atoms with E-state index in [0.717, 1.165) is 0 Å². The Hall–Kier alpha value is -0.750. The van der Waals surface area contributed by atoms with Gasteiger partial charge in [0.1, 0.15) is 0 Å². The van der Waals surface area contributed by atoms with Crippen LogP contribution in [0.25, 0.3) is 0 Å². The third-order valence-electron chi connectivity index (χ3n) is 1.49. The first kappa shape index (κ1) is 12.2. The molecule has 5 nitrogen and oxygen atoms in total. The van der Waals surface area contributed by atoms with Gasteiger partial charge in [0, 0.05) is 12.3 Å². The van der Waals surface area contributed by atoms with E-state index in [-0.39, 0.29) is 24.9 Å². The van der Waals surface area contributed by atoms with Crippen molar-refractivity contribution in [3.05, 3.63) is 0 Å². The molecule has 0 aromatic carbocycles. The smallest absolute Gasteiger partial charge is 0.305 e. The minimum Gasteiger partial charge on any atom is -0.481 e. The molecule has 76 valence electrons. The lowest BCUT2D eigenvalue weighted by Gasteiger charge is -2.12. The molecule has 0 fully saturated rings. The van der Waals surface area contributed by atoms with Gasteiger partial charge in [-0.25, -0.2) is 0 Å². The first-order valence-corrected chi connectivity index (χ1v) is 4.52. The summed E-state index contributed by atoms with van der Waals surface area (Å²) >= 11 is 3.96. The van der Waals surface area contributed by atoms with Gasteiger partial charge in [-0.3, -0.25) is 9.59 Å². The van der Waals surface area contributed by atoms with Crippen molar-refractivity contribution in [2.75, 3.05) is 19.3 Å². The summed E-state index contributed by atoms with van der Waals surface area (Å²) in [5.74, 6) is -0.763. The second-order valence-corrected chi connectivity index (χ2v) is 2.82. The van der Waals surface area contributed by atoms with Crippen LogP contribution >= 0.6 is 12.6 Å². The zero-order chi connectivity index (χ0) is 10.3. The molecule has 0 radical (unpaired) electrons. The van der Waals surface area contributed by atoms with Crippen molar-refractivity contribution in [3.8, 4) is 0 Å². The van der Waals surface area contributed by atoms with Crippen LogP contribution in [0.1, 0.15) is 6.42 Å². The summed E-state index contributed by atoms with van der Waals surface area (Å²) in [7, 11) is 1.65. The number of carbonyl (C=O) groups is 2. The summed E-state index contributed by atoms with van der Waals surface area (Å²) < 4.78 is 0. The van der Waals surface area contributed by atoms with Gasteiger partial charge < -0.3 is 15.7 Å². The summed E-state index contributed by atoms with van der Waals surface area (Å²) in [6.45, 7) is 0.153. The third-order valence-corrected chi connectivity index (χ3v) is 1.85. The summed E-state index contributed by atoms with van der Waals surface area (Å²) in [4.78, 5) is 21.3. The Morgan fingerprint density at radius 2 is 2.15 bits per heavy atom. The fourth-order valence-electron chi connectivity index (χ4n) is 0.721. The minimum absolute atomic E-state index is 0.0608. The Morgan fingerprint density at radius 1 is 1.54 bits per heavy atom. The standard InChI is InChI=1S/C7H14N2O3S/c1-8-5(4-13)7(12)9-3-2-6(10)11/h5,8,13H,2-4H2,1H3,(H,9,12)(H,10,11)/t5-/m0/s1. The zero-order valence-electron chi connectivity index (χ0n) is 7.41. The van der Waals surface area contributed by atoms with E-state index >= 15 is 0 Å². The van der Waals surface area contributed by atoms with Crippen molar-refractivity contribution in [1.29, 1.82) is 0 Å². The predicted molar refractivity (Wildman–Crippen MR) is 52.0 cm³/mol. The van der Waals surface area contributed by atoms with E-state index in [1.165, 1.54) is 0 Å². The zero-order valence-corrected chi connectivity index (χ0v) is 8.30. The van der Waals surface area contributed by atoms with Crippen molar-refractivity contribution in [3.63, 3.8) is 0 Å². The highest BCUT2D eigenvalue weighted by Crippen LogP contribution is 1.87. The second kappa shape index (κ2) is 6.73. The Labute approximate surface area is 82.3 Å². The number of carboxylic acids is 1. The van der Waals surface area contributed by atoms with Crippen LogP contribution < -0.4 is 10.6 Å². The Balaban J connectivity index is 3.66. The van der Waals surface area contributed by atoms with E-state index in [9.17, 15) is 9.59 Å². The molecule has 0 saturated carbocycles. The van der Waals surface area contributed by atoms with Crippen molar-refractivity contribution < 1.29 is 14.7 Å². The molecule has 1 amide bonds. The molecule has 3 N–H and O–H groups in total. The maximum absolute atomic E-state index is 11.2. The third kappa shape index (κ3) is 5.48. The number of carboxylic acid groups (broad SMARTS) is 1.